The highest BCUT2D eigenvalue weighted by Crippen LogP contribution is 2.46. The summed E-state index contributed by atoms with van der Waals surface area (Å²) in [6.45, 7) is 5.58. The van der Waals surface area contributed by atoms with Crippen LogP contribution in [0.15, 0.2) is 39.5 Å². The standard InChI is InChI=1S/C30H37NO6/c1-4-5-6-9-21-17-27(32)37-30-28(21)25(33-2)18-26(34-3)29(30)22(12-15-31-13-7-8-14-31)20-10-11-23-24(16-20)36-19-35-23/h10-11,16-18,22H,4-9,12-15,19H2,1-3H3. The summed E-state index contributed by atoms with van der Waals surface area (Å²) in [5.41, 5.74) is 3.13. The van der Waals surface area contributed by atoms with Crippen molar-refractivity contribution in [2.45, 2.75) is 57.8 Å². The maximum absolute atomic E-state index is 12.9. The van der Waals surface area contributed by atoms with Crippen LogP contribution in [0.25, 0.3) is 11.0 Å². The van der Waals surface area contributed by atoms with E-state index >= 15 is 0 Å². The first-order chi connectivity index (χ1) is 18.1. The Bertz CT molecular complexity index is 1290. The molecule has 0 bridgehead atoms. The second kappa shape index (κ2) is 11.5. The molecule has 0 spiro atoms. The van der Waals surface area contributed by atoms with Gasteiger partial charge in [-0.25, -0.2) is 4.79 Å². The fraction of sp³-hybridized carbons (Fsp3) is 0.500. The normalized spacial score (nSPS) is 15.9. The van der Waals surface area contributed by atoms with Crippen LogP contribution < -0.4 is 24.6 Å². The SMILES string of the molecule is CCCCCc1cc(=O)oc2c(C(CCN3CCCC3)c3ccc4c(c3)OCO4)c(OC)cc(OC)c12. The van der Waals surface area contributed by atoms with E-state index in [1.54, 1.807) is 20.3 Å². The van der Waals surface area contributed by atoms with Crippen molar-refractivity contribution in [3.8, 4) is 23.0 Å². The molecular weight excluding hydrogens is 470 g/mol. The van der Waals surface area contributed by atoms with E-state index in [9.17, 15) is 4.79 Å². The van der Waals surface area contributed by atoms with Crippen molar-refractivity contribution in [2.75, 3.05) is 40.6 Å². The van der Waals surface area contributed by atoms with E-state index in [0.29, 0.717) is 17.1 Å². The first-order valence-electron chi connectivity index (χ1n) is 13.5. The molecule has 7 nitrogen and oxygen atoms in total. The van der Waals surface area contributed by atoms with Gasteiger partial charge in [0.1, 0.15) is 17.1 Å². The lowest BCUT2D eigenvalue weighted by atomic mass is 9.85. The van der Waals surface area contributed by atoms with Gasteiger partial charge in [0.15, 0.2) is 11.5 Å². The molecule has 1 saturated heterocycles. The van der Waals surface area contributed by atoms with E-state index in [2.05, 4.69) is 24.0 Å². The fourth-order valence-electron chi connectivity index (χ4n) is 5.73. The molecule has 2 aromatic carbocycles. The van der Waals surface area contributed by atoms with Gasteiger partial charge >= 0.3 is 5.63 Å². The van der Waals surface area contributed by atoms with Gasteiger partial charge in [-0.15, -0.1) is 0 Å². The summed E-state index contributed by atoms with van der Waals surface area (Å²) in [4.78, 5) is 15.4. The van der Waals surface area contributed by atoms with Crippen LogP contribution in [0.5, 0.6) is 23.0 Å². The van der Waals surface area contributed by atoms with Gasteiger partial charge in [-0.1, -0.05) is 25.8 Å². The Morgan fingerprint density at radius 3 is 2.51 bits per heavy atom. The molecule has 0 N–H and O–H groups in total. The minimum Gasteiger partial charge on any atom is -0.496 e. The zero-order valence-corrected chi connectivity index (χ0v) is 22.1. The molecule has 0 saturated carbocycles. The van der Waals surface area contributed by atoms with Crippen LogP contribution in [0, 0.1) is 0 Å². The second-order valence-electron chi connectivity index (χ2n) is 9.95. The summed E-state index contributed by atoms with van der Waals surface area (Å²) in [6.07, 6.45) is 7.32. The van der Waals surface area contributed by atoms with Crippen molar-refractivity contribution in [3.05, 3.63) is 57.4 Å². The molecule has 1 atom stereocenters. The summed E-state index contributed by atoms with van der Waals surface area (Å²) in [5, 5.41) is 0.862. The smallest absolute Gasteiger partial charge is 0.336 e. The molecule has 1 aromatic heterocycles. The number of hydrogen-bond donors (Lipinski definition) is 0. The highest BCUT2D eigenvalue weighted by molar-refractivity contribution is 5.92. The molecule has 0 aliphatic carbocycles. The molecule has 2 aliphatic heterocycles. The Morgan fingerprint density at radius 1 is 0.973 bits per heavy atom. The monoisotopic (exact) mass is 507 g/mol. The van der Waals surface area contributed by atoms with Gasteiger partial charge in [0.05, 0.1) is 19.6 Å². The quantitative estimate of drug-likeness (QED) is 0.237. The fourth-order valence-corrected chi connectivity index (χ4v) is 5.73. The summed E-state index contributed by atoms with van der Waals surface area (Å²) < 4.78 is 29.0. The van der Waals surface area contributed by atoms with Crippen LogP contribution in [0.2, 0.25) is 0 Å². The van der Waals surface area contributed by atoms with Gasteiger partial charge in [-0.3, -0.25) is 0 Å². The molecule has 5 rings (SSSR count). The average Bonchev–Trinajstić information content (AvgIpc) is 3.60. The average molecular weight is 508 g/mol. The number of likely N-dealkylation sites (tertiary alicyclic amines) is 1. The number of methoxy groups -OCH3 is 2. The van der Waals surface area contributed by atoms with E-state index in [1.165, 1.54) is 12.8 Å². The van der Waals surface area contributed by atoms with Crippen LogP contribution in [0.1, 0.15) is 68.1 Å². The first-order valence-corrected chi connectivity index (χ1v) is 13.5. The topological polar surface area (TPSA) is 70.4 Å². The predicted molar refractivity (Wildman–Crippen MR) is 144 cm³/mol. The molecule has 37 heavy (non-hydrogen) atoms. The maximum atomic E-state index is 12.9. The van der Waals surface area contributed by atoms with Crippen LogP contribution in [0.3, 0.4) is 0 Å². The summed E-state index contributed by atoms with van der Waals surface area (Å²) in [5.74, 6) is 2.73. The lowest BCUT2D eigenvalue weighted by Gasteiger charge is -2.25. The number of nitrogens with zero attached hydrogens (tertiary/aromatic N) is 1. The van der Waals surface area contributed by atoms with Gasteiger partial charge < -0.3 is 28.3 Å². The molecular formula is C30H37NO6. The van der Waals surface area contributed by atoms with E-state index in [-0.39, 0.29) is 18.3 Å². The predicted octanol–water partition coefficient (Wildman–Crippen LogP) is 5.89. The number of benzene rings is 2. The third kappa shape index (κ3) is 5.28. The van der Waals surface area contributed by atoms with E-state index in [0.717, 1.165) is 85.3 Å². The second-order valence-corrected chi connectivity index (χ2v) is 9.95. The number of hydrogen-bond acceptors (Lipinski definition) is 7. The molecule has 3 aromatic rings. The molecule has 2 aliphatic rings. The number of aryl methyl sites for hydroxylation is 1. The van der Waals surface area contributed by atoms with E-state index in [1.807, 2.05) is 12.1 Å². The Hall–Kier alpha value is -3.19. The lowest BCUT2D eigenvalue weighted by molar-refractivity contribution is 0.174. The van der Waals surface area contributed by atoms with E-state index < -0.39 is 0 Å². The van der Waals surface area contributed by atoms with Crippen LogP contribution in [-0.4, -0.2) is 45.5 Å². The minimum absolute atomic E-state index is 0.0764. The van der Waals surface area contributed by atoms with Crippen molar-refractivity contribution in [1.29, 1.82) is 0 Å². The summed E-state index contributed by atoms with van der Waals surface area (Å²) in [7, 11) is 3.31. The molecule has 7 heteroatoms. The van der Waals surface area contributed by atoms with Crippen LogP contribution in [-0.2, 0) is 6.42 Å². The highest BCUT2D eigenvalue weighted by atomic mass is 16.7. The van der Waals surface area contributed by atoms with Crippen LogP contribution >= 0.6 is 0 Å². The molecule has 0 amide bonds. The van der Waals surface area contributed by atoms with Crippen molar-refractivity contribution < 1.29 is 23.4 Å². The Kier molecular flexibility index (Phi) is 7.89. The van der Waals surface area contributed by atoms with Crippen molar-refractivity contribution in [3.63, 3.8) is 0 Å². The zero-order valence-electron chi connectivity index (χ0n) is 22.1. The van der Waals surface area contributed by atoms with Crippen LogP contribution in [0.4, 0.5) is 0 Å². The van der Waals surface area contributed by atoms with Crippen molar-refractivity contribution >= 4 is 11.0 Å². The number of rotatable bonds is 11. The first kappa shape index (κ1) is 25.5. The number of unbranched alkanes of at least 4 members (excludes halogenated alkanes) is 2. The maximum Gasteiger partial charge on any atom is 0.336 e. The summed E-state index contributed by atoms with van der Waals surface area (Å²) in [6, 6.07) is 9.66. The molecule has 1 unspecified atom stereocenters. The lowest BCUT2D eigenvalue weighted by Crippen LogP contribution is -2.22. The number of fused-ring (bicyclic) bond motifs is 2. The Balaban J connectivity index is 1.69. The number of ether oxygens (including phenoxy) is 4. The molecule has 1 fully saturated rings. The van der Waals surface area contributed by atoms with Crippen molar-refractivity contribution in [2.24, 2.45) is 0 Å². The van der Waals surface area contributed by atoms with Gasteiger partial charge in [0, 0.05) is 23.6 Å². The Morgan fingerprint density at radius 2 is 1.76 bits per heavy atom. The van der Waals surface area contributed by atoms with Gasteiger partial charge in [-0.2, -0.15) is 0 Å². The molecule has 198 valence electrons. The molecule has 3 heterocycles. The molecule has 0 radical (unpaired) electrons. The summed E-state index contributed by atoms with van der Waals surface area (Å²) >= 11 is 0. The van der Waals surface area contributed by atoms with Gasteiger partial charge in [-0.05, 0) is 75.0 Å². The third-order valence-electron chi connectivity index (χ3n) is 7.63. The largest absolute Gasteiger partial charge is 0.496 e. The minimum atomic E-state index is -0.348. The van der Waals surface area contributed by atoms with Gasteiger partial charge in [0.2, 0.25) is 6.79 Å². The van der Waals surface area contributed by atoms with Gasteiger partial charge in [0.25, 0.3) is 0 Å². The van der Waals surface area contributed by atoms with Crippen molar-refractivity contribution in [1.82, 2.24) is 4.90 Å². The Labute approximate surface area is 218 Å². The van der Waals surface area contributed by atoms with E-state index in [4.69, 9.17) is 23.4 Å². The zero-order chi connectivity index (χ0) is 25.8. The highest BCUT2D eigenvalue weighted by Gasteiger charge is 2.29. The third-order valence-corrected chi connectivity index (χ3v) is 7.63.